The Hall–Kier alpha value is -3.61. The van der Waals surface area contributed by atoms with Gasteiger partial charge in [0, 0.05) is 30.7 Å². The highest BCUT2D eigenvalue weighted by Gasteiger charge is 2.27. The van der Waals surface area contributed by atoms with Gasteiger partial charge in [0.25, 0.3) is 5.91 Å². The summed E-state index contributed by atoms with van der Waals surface area (Å²) in [6.07, 6.45) is 1.72. The van der Waals surface area contributed by atoms with Crippen molar-refractivity contribution in [2.45, 2.75) is 19.8 Å². The van der Waals surface area contributed by atoms with Crippen molar-refractivity contribution < 1.29 is 14.0 Å². The lowest BCUT2D eigenvalue weighted by atomic mass is 9.97. The molecule has 1 aliphatic rings. The van der Waals surface area contributed by atoms with Crippen LogP contribution in [-0.2, 0) is 0 Å². The molecule has 3 aromatic rings. The number of fused-ring (bicyclic) bond motifs is 1. The third-order valence-electron chi connectivity index (χ3n) is 5.54. The average molecular weight is 419 g/mol. The van der Waals surface area contributed by atoms with E-state index in [0.29, 0.717) is 30.6 Å². The number of nitrogens with zero attached hydrogens (tertiary/aromatic N) is 1. The Morgan fingerprint density at radius 2 is 1.90 bits per heavy atom. The third kappa shape index (κ3) is 4.94. The highest BCUT2D eigenvalue weighted by Crippen LogP contribution is 2.19. The number of para-hydroxylation sites is 1. The third-order valence-corrected chi connectivity index (χ3v) is 5.54. The molecule has 31 heavy (non-hydrogen) atoms. The van der Waals surface area contributed by atoms with Gasteiger partial charge in [-0.3, -0.25) is 4.79 Å². The molecule has 2 aromatic carbocycles. The molecule has 7 heteroatoms. The molecule has 0 radical (unpaired) electrons. The van der Waals surface area contributed by atoms with Crippen molar-refractivity contribution in [3.63, 3.8) is 0 Å². The standard InChI is InChI=1S/C24H25N3O4/c1-16-8-10-19(11-9-16)26-24(30)25-14-17-5-4-12-27(15-17)22(28)20-13-18-6-2-3-7-21(18)31-23(20)29/h2-3,6-11,13,17H,4-5,12,14-15H2,1H3,(H2,25,26,30). The first-order chi connectivity index (χ1) is 15.0. The van der Waals surface area contributed by atoms with Crippen LogP contribution in [0.25, 0.3) is 11.0 Å². The maximum absolute atomic E-state index is 13.0. The summed E-state index contributed by atoms with van der Waals surface area (Å²) in [5.74, 6) is -0.206. The first kappa shape index (κ1) is 20.7. The first-order valence-electron chi connectivity index (χ1n) is 10.4. The fourth-order valence-corrected chi connectivity index (χ4v) is 3.85. The Morgan fingerprint density at radius 1 is 1.13 bits per heavy atom. The smallest absolute Gasteiger partial charge is 0.349 e. The molecule has 160 valence electrons. The van der Waals surface area contributed by atoms with E-state index in [1.165, 1.54) is 0 Å². The number of rotatable bonds is 4. The van der Waals surface area contributed by atoms with Crippen LogP contribution in [0.1, 0.15) is 28.8 Å². The number of piperidine rings is 1. The number of benzene rings is 2. The van der Waals surface area contributed by atoms with Crippen molar-refractivity contribution >= 4 is 28.6 Å². The number of carbonyl (C=O) groups is 2. The number of likely N-dealkylation sites (tertiary alicyclic amines) is 1. The van der Waals surface area contributed by atoms with Crippen molar-refractivity contribution in [3.05, 3.63) is 76.1 Å². The maximum atomic E-state index is 13.0. The van der Waals surface area contributed by atoms with Gasteiger partial charge in [-0.05, 0) is 49.9 Å². The fourth-order valence-electron chi connectivity index (χ4n) is 3.85. The second kappa shape index (κ2) is 9.04. The lowest BCUT2D eigenvalue weighted by Gasteiger charge is -2.32. The van der Waals surface area contributed by atoms with Crippen LogP contribution in [0.15, 0.2) is 63.8 Å². The predicted octanol–water partition coefficient (Wildman–Crippen LogP) is 3.78. The Morgan fingerprint density at radius 3 is 2.71 bits per heavy atom. The summed E-state index contributed by atoms with van der Waals surface area (Å²) in [5.41, 5.74) is 1.74. The van der Waals surface area contributed by atoms with Crippen LogP contribution < -0.4 is 16.3 Å². The SMILES string of the molecule is Cc1ccc(NC(=O)NCC2CCCN(C(=O)c3cc4ccccc4oc3=O)C2)cc1. The molecule has 1 atom stereocenters. The highest BCUT2D eigenvalue weighted by molar-refractivity contribution is 5.96. The lowest BCUT2D eigenvalue weighted by Crippen LogP contribution is -2.45. The monoisotopic (exact) mass is 419 g/mol. The van der Waals surface area contributed by atoms with Gasteiger partial charge in [-0.25, -0.2) is 9.59 Å². The van der Waals surface area contributed by atoms with E-state index in [9.17, 15) is 14.4 Å². The van der Waals surface area contributed by atoms with Crippen LogP contribution in [0.2, 0.25) is 0 Å². The minimum Gasteiger partial charge on any atom is -0.422 e. The highest BCUT2D eigenvalue weighted by atomic mass is 16.4. The van der Waals surface area contributed by atoms with Crippen molar-refractivity contribution in [3.8, 4) is 0 Å². The van der Waals surface area contributed by atoms with Crippen LogP contribution in [0.4, 0.5) is 10.5 Å². The van der Waals surface area contributed by atoms with Crippen molar-refractivity contribution in [2.24, 2.45) is 5.92 Å². The van der Waals surface area contributed by atoms with Crippen LogP contribution in [0, 0.1) is 12.8 Å². The number of urea groups is 1. The summed E-state index contributed by atoms with van der Waals surface area (Å²) in [5, 5.41) is 6.41. The molecule has 7 nitrogen and oxygen atoms in total. The Balaban J connectivity index is 1.36. The van der Waals surface area contributed by atoms with Gasteiger partial charge in [0.15, 0.2) is 0 Å². The summed E-state index contributed by atoms with van der Waals surface area (Å²) in [6.45, 7) is 3.50. The van der Waals surface area contributed by atoms with E-state index < -0.39 is 5.63 Å². The Kier molecular flexibility index (Phi) is 6.02. The normalized spacial score (nSPS) is 16.2. The van der Waals surface area contributed by atoms with E-state index >= 15 is 0 Å². The number of anilines is 1. The van der Waals surface area contributed by atoms with Gasteiger partial charge in [-0.2, -0.15) is 0 Å². The lowest BCUT2D eigenvalue weighted by molar-refractivity contribution is 0.0671. The number of hydrogen-bond donors (Lipinski definition) is 2. The Labute approximate surface area is 180 Å². The molecule has 3 amide bonds. The summed E-state index contributed by atoms with van der Waals surface area (Å²) < 4.78 is 5.31. The topological polar surface area (TPSA) is 91.7 Å². The van der Waals surface area contributed by atoms with Crippen molar-refractivity contribution in [2.75, 3.05) is 25.0 Å². The maximum Gasteiger partial charge on any atom is 0.349 e. The van der Waals surface area contributed by atoms with Crippen LogP contribution in [0.3, 0.4) is 0 Å². The molecular formula is C24H25N3O4. The fraction of sp³-hybridized carbons (Fsp3) is 0.292. The average Bonchev–Trinajstić information content (AvgIpc) is 2.78. The minimum absolute atomic E-state index is 0.0458. The minimum atomic E-state index is -0.624. The van der Waals surface area contributed by atoms with Crippen molar-refractivity contribution in [1.29, 1.82) is 0 Å². The zero-order valence-corrected chi connectivity index (χ0v) is 17.4. The molecule has 1 saturated heterocycles. The van der Waals surface area contributed by atoms with E-state index in [1.807, 2.05) is 43.3 Å². The van der Waals surface area contributed by atoms with E-state index in [0.717, 1.165) is 24.1 Å². The first-order valence-corrected chi connectivity index (χ1v) is 10.4. The van der Waals surface area contributed by atoms with Crippen LogP contribution in [-0.4, -0.2) is 36.5 Å². The van der Waals surface area contributed by atoms with Crippen LogP contribution >= 0.6 is 0 Å². The summed E-state index contributed by atoms with van der Waals surface area (Å²) >= 11 is 0. The molecule has 0 spiro atoms. The zero-order chi connectivity index (χ0) is 21.8. The molecular weight excluding hydrogens is 394 g/mol. The number of amides is 3. The second-order valence-corrected chi connectivity index (χ2v) is 7.95. The zero-order valence-electron chi connectivity index (χ0n) is 17.4. The molecule has 0 aliphatic carbocycles. The molecule has 1 fully saturated rings. The van der Waals surface area contributed by atoms with E-state index in [4.69, 9.17) is 4.42 Å². The summed E-state index contributed by atoms with van der Waals surface area (Å²) in [4.78, 5) is 39.2. The Bertz CT molecular complexity index is 1150. The number of carbonyl (C=O) groups excluding carboxylic acids is 2. The molecule has 2 N–H and O–H groups in total. The number of aryl methyl sites for hydroxylation is 1. The molecule has 4 rings (SSSR count). The number of hydrogen-bond acceptors (Lipinski definition) is 4. The quantitative estimate of drug-likeness (QED) is 0.630. The van der Waals surface area contributed by atoms with Gasteiger partial charge >= 0.3 is 11.7 Å². The van der Waals surface area contributed by atoms with Gasteiger partial charge in [0.1, 0.15) is 11.1 Å². The predicted molar refractivity (Wildman–Crippen MR) is 119 cm³/mol. The molecule has 0 bridgehead atoms. The van der Waals surface area contributed by atoms with Gasteiger partial charge < -0.3 is 20.0 Å². The summed E-state index contributed by atoms with van der Waals surface area (Å²) in [6, 6.07) is 16.0. The number of nitrogens with one attached hydrogen (secondary N) is 2. The van der Waals surface area contributed by atoms with Gasteiger partial charge in [-0.1, -0.05) is 35.9 Å². The van der Waals surface area contributed by atoms with E-state index in [2.05, 4.69) is 10.6 Å². The molecule has 1 aliphatic heterocycles. The van der Waals surface area contributed by atoms with Gasteiger partial charge in [-0.15, -0.1) is 0 Å². The molecule has 2 heterocycles. The van der Waals surface area contributed by atoms with Gasteiger partial charge in [0.05, 0.1) is 0 Å². The molecule has 1 aromatic heterocycles. The van der Waals surface area contributed by atoms with E-state index in [-0.39, 0.29) is 23.4 Å². The van der Waals surface area contributed by atoms with Crippen LogP contribution in [0.5, 0.6) is 0 Å². The van der Waals surface area contributed by atoms with Crippen molar-refractivity contribution in [1.82, 2.24) is 10.2 Å². The largest absolute Gasteiger partial charge is 0.422 e. The second-order valence-electron chi connectivity index (χ2n) is 7.95. The van der Waals surface area contributed by atoms with Gasteiger partial charge in [0.2, 0.25) is 0 Å². The molecule has 0 saturated carbocycles. The molecule has 1 unspecified atom stereocenters. The summed E-state index contributed by atoms with van der Waals surface area (Å²) in [7, 11) is 0. The van der Waals surface area contributed by atoms with E-state index in [1.54, 1.807) is 23.1 Å².